The number of nitrogens with two attached hydrogens (primary N) is 1. The van der Waals surface area contributed by atoms with Gasteiger partial charge < -0.3 is 5.73 Å². The van der Waals surface area contributed by atoms with Crippen molar-refractivity contribution in [3.63, 3.8) is 0 Å². The molecule has 0 aliphatic heterocycles. The number of fused-ring (bicyclic) bond motifs is 1. The Hall–Kier alpha value is -3.41. The molecule has 2 N–H and O–H groups in total. The summed E-state index contributed by atoms with van der Waals surface area (Å²) in [4.78, 5) is 16.7. The molecule has 6 heteroatoms. The van der Waals surface area contributed by atoms with Gasteiger partial charge in [0, 0.05) is 5.56 Å². The van der Waals surface area contributed by atoms with E-state index in [4.69, 9.17) is 17.3 Å². The van der Waals surface area contributed by atoms with Crippen molar-refractivity contribution in [1.82, 2.24) is 4.98 Å². The third kappa shape index (κ3) is 2.44. The maximum Gasteiger partial charge on any atom is 0.195 e. The second-order valence-electron chi connectivity index (χ2n) is 5.03. The SMILES string of the molecule is N#Cc1c(N)nc(Cl)c(C#N)c1C(=O)c1ccc2ccccc2c1. The number of carbonyl (C=O) groups is 1. The highest BCUT2D eigenvalue weighted by Crippen LogP contribution is 2.28. The van der Waals surface area contributed by atoms with Crippen LogP contribution in [0, 0.1) is 22.7 Å². The molecule has 2 aromatic carbocycles. The summed E-state index contributed by atoms with van der Waals surface area (Å²) in [6.07, 6.45) is 0. The summed E-state index contributed by atoms with van der Waals surface area (Å²) in [5, 5.41) is 20.3. The zero-order valence-electron chi connectivity index (χ0n) is 12.2. The number of nitriles is 2. The molecule has 114 valence electrons. The first-order valence-electron chi connectivity index (χ1n) is 6.89. The molecule has 0 fully saturated rings. The predicted molar refractivity (Wildman–Crippen MR) is 90.5 cm³/mol. The van der Waals surface area contributed by atoms with Crippen LogP contribution in [-0.2, 0) is 0 Å². The summed E-state index contributed by atoms with van der Waals surface area (Å²) < 4.78 is 0. The molecule has 3 rings (SSSR count). The molecule has 0 radical (unpaired) electrons. The molecule has 0 aliphatic rings. The first-order valence-corrected chi connectivity index (χ1v) is 7.27. The second-order valence-corrected chi connectivity index (χ2v) is 5.39. The number of anilines is 1. The van der Waals surface area contributed by atoms with Crippen LogP contribution < -0.4 is 5.73 Å². The smallest absolute Gasteiger partial charge is 0.195 e. The fraction of sp³-hybridized carbons (Fsp3) is 0. The molecular weight excluding hydrogens is 324 g/mol. The molecular formula is C18H9ClN4O. The van der Waals surface area contributed by atoms with Gasteiger partial charge in [0.15, 0.2) is 5.78 Å². The van der Waals surface area contributed by atoms with Crippen molar-refractivity contribution in [1.29, 1.82) is 10.5 Å². The molecule has 1 heterocycles. The van der Waals surface area contributed by atoms with Crippen molar-refractivity contribution in [2.24, 2.45) is 0 Å². The lowest BCUT2D eigenvalue weighted by Crippen LogP contribution is -2.11. The first kappa shape index (κ1) is 15.5. The molecule has 0 bridgehead atoms. The van der Waals surface area contributed by atoms with Crippen LogP contribution >= 0.6 is 11.6 Å². The maximum atomic E-state index is 12.9. The van der Waals surface area contributed by atoms with Crippen molar-refractivity contribution >= 4 is 34.0 Å². The number of nitrogens with zero attached hydrogens (tertiary/aromatic N) is 3. The fourth-order valence-corrected chi connectivity index (χ4v) is 2.72. The van der Waals surface area contributed by atoms with Gasteiger partial charge in [0.05, 0.1) is 5.56 Å². The Kier molecular flexibility index (Phi) is 3.87. The van der Waals surface area contributed by atoms with E-state index in [-0.39, 0.29) is 27.7 Å². The molecule has 0 amide bonds. The summed E-state index contributed by atoms with van der Waals surface area (Å²) in [7, 11) is 0. The van der Waals surface area contributed by atoms with Gasteiger partial charge in [0.25, 0.3) is 0 Å². The van der Waals surface area contributed by atoms with E-state index in [0.29, 0.717) is 5.56 Å². The number of nitrogen functional groups attached to an aromatic ring is 1. The topological polar surface area (TPSA) is 104 Å². The lowest BCUT2D eigenvalue weighted by atomic mass is 9.94. The van der Waals surface area contributed by atoms with Gasteiger partial charge in [-0.3, -0.25) is 4.79 Å². The summed E-state index contributed by atoms with van der Waals surface area (Å²) >= 11 is 5.92. The van der Waals surface area contributed by atoms with E-state index in [1.165, 1.54) is 0 Å². The van der Waals surface area contributed by atoms with Crippen molar-refractivity contribution < 1.29 is 4.79 Å². The minimum absolute atomic E-state index is 0.118. The van der Waals surface area contributed by atoms with Crippen LogP contribution in [0.15, 0.2) is 42.5 Å². The Morgan fingerprint density at radius 2 is 1.71 bits per heavy atom. The summed E-state index contributed by atoms with van der Waals surface area (Å²) in [5.74, 6) is -0.671. The van der Waals surface area contributed by atoms with Gasteiger partial charge in [-0.2, -0.15) is 10.5 Å². The highest BCUT2D eigenvalue weighted by atomic mass is 35.5. The van der Waals surface area contributed by atoms with Gasteiger partial charge in [-0.1, -0.05) is 48.0 Å². The number of hydrogen-bond acceptors (Lipinski definition) is 5. The molecule has 0 atom stereocenters. The quantitative estimate of drug-likeness (QED) is 0.571. The largest absolute Gasteiger partial charge is 0.383 e. The van der Waals surface area contributed by atoms with E-state index in [1.54, 1.807) is 18.2 Å². The second kappa shape index (κ2) is 6.00. The predicted octanol–water partition coefficient (Wildman–Crippen LogP) is 3.44. The van der Waals surface area contributed by atoms with Crippen LogP contribution in [-0.4, -0.2) is 10.8 Å². The van der Waals surface area contributed by atoms with E-state index in [2.05, 4.69) is 4.98 Å². The number of hydrogen-bond donors (Lipinski definition) is 1. The number of carbonyl (C=O) groups excluding carboxylic acids is 1. The van der Waals surface area contributed by atoms with Gasteiger partial charge in [-0.25, -0.2) is 4.98 Å². The van der Waals surface area contributed by atoms with E-state index in [0.717, 1.165) is 10.8 Å². The van der Waals surface area contributed by atoms with Gasteiger partial charge in [0.2, 0.25) is 0 Å². The van der Waals surface area contributed by atoms with E-state index in [1.807, 2.05) is 36.4 Å². The lowest BCUT2D eigenvalue weighted by Gasteiger charge is -2.09. The molecule has 3 aromatic rings. The number of aromatic nitrogens is 1. The Balaban J connectivity index is 2.26. The van der Waals surface area contributed by atoms with Crippen LogP contribution in [0.2, 0.25) is 5.15 Å². The van der Waals surface area contributed by atoms with Crippen LogP contribution in [0.3, 0.4) is 0 Å². The van der Waals surface area contributed by atoms with E-state index in [9.17, 15) is 15.3 Å². The molecule has 1 aromatic heterocycles. The summed E-state index contributed by atoms with van der Waals surface area (Å²) in [5.41, 5.74) is 5.61. The number of rotatable bonds is 2. The van der Waals surface area contributed by atoms with Crippen molar-refractivity contribution in [3.05, 3.63) is 69.9 Å². The van der Waals surface area contributed by atoms with Gasteiger partial charge in [-0.05, 0) is 16.8 Å². The van der Waals surface area contributed by atoms with Crippen LogP contribution in [0.25, 0.3) is 10.8 Å². The Bertz CT molecular complexity index is 1040. The minimum Gasteiger partial charge on any atom is -0.383 e. The average Bonchev–Trinajstić information content (AvgIpc) is 2.60. The molecule has 5 nitrogen and oxygen atoms in total. The zero-order chi connectivity index (χ0) is 17.3. The molecule has 24 heavy (non-hydrogen) atoms. The standard InChI is InChI=1S/C18H9ClN4O/c19-17-13(8-20)15(14(9-21)18(22)23-17)16(24)12-6-5-10-3-1-2-4-11(10)7-12/h1-7H,(H2,22,23). The summed E-state index contributed by atoms with van der Waals surface area (Å²) in [6, 6.07) is 16.4. The van der Waals surface area contributed by atoms with E-state index >= 15 is 0 Å². The highest BCUT2D eigenvalue weighted by Gasteiger charge is 2.24. The minimum atomic E-state index is -0.496. The number of ketones is 1. The molecule has 0 saturated carbocycles. The highest BCUT2D eigenvalue weighted by molar-refractivity contribution is 6.31. The Morgan fingerprint density at radius 1 is 1.04 bits per heavy atom. The van der Waals surface area contributed by atoms with E-state index < -0.39 is 5.78 Å². The monoisotopic (exact) mass is 332 g/mol. The zero-order valence-corrected chi connectivity index (χ0v) is 13.0. The number of halogens is 1. The van der Waals surface area contributed by atoms with Gasteiger partial charge >= 0.3 is 0 Å². The normalized spacial score (nSPS) is 10.1. The Morgan fingerprint density at radius 3 is 2.38 bits per heavy atom. The van der Waals surface area contributed by atoms with Crippen molar-refractivity contribution in [3.8, 4) is 12.1 Å². The maximum absolute atomic E-state index is 12.9. The third-order valence-corrected chi connectivity index (χ3v) is 3.92. The van der Waals surface area contributed by atoms with Crippen LogP contribution in [0.5, 0.6) is 0 Å². The van der Waals surface area contributed by atoms with Crippen molar-refractivity contribution in [2.75, 3.05) is 5.73 Å². The van der Waals surface area contributed by atoms with Crippen molar-refractivity contribution in [2.45, 2.75) is 0 Å². The Labute approximate surface area is 142 Å². The number of benzene rings is 2. The third-order valence-electron chi connectivity index (χ3n) is 3.64. The van der Waals surface area contributed by atoms with Crippen LogP contribution in [0.1, 0.15) is 27.0 Å². The first-order chi connectivity index (χ1) is 11.6. The molecule has 0 spiro atoms. The summed E-state index contributed by atoms with van der Waals surface area (Å²) in [6.45, 7) is 0. The van der Waals surface area contributed by atoms with Gasteiger partial charge in [-0.15, -0.1) is 0 Å². The lowest BCUT2D eigenvalue weighted by molar-refractivity contribution is 0.103. The van der Waals surface area contributed by atoms with Gasteiger partial charge in [0.1, 0.15) is 34.2 Å². The molecule has 0 unspecified atom stereocenters. The number of pyridine rings is 1. The molecule has 0 aliphatic carbocycles. The molecule has 0 saturated heterocycles. The fourth-order valence-electron chi connectivity index (χ4n) is 2.49. The average molecular weight is 333 g/mol. The van der Waals surface area contributed by atoms with Crippen LogP contribution in [0.4, 0.5) is 5.82 Å².